The number of methoxy groups -OCH3 is 1. The molecule has 0 aliphatic carbocycles. The topological polar surface area (TPSA) is 38.8 Å². The minimum atomic E-state index is -0.127. The highest BCUT2D eigenvalue weighted by Crippen LogP contribution is 2.26. The van der Waals surface area contributed by atoms with Gasteiger partial charge >= 0.3 is 5.97 Å². The molecule has 1 heterocycles. The highest BCUT2D eigenvalue weighted by molar-refractivity contribution is 5.75. The van der Waals surface area contributed by atoms with E-state index in [0.717, 1.165) is 32.4 Å². The molecule has 0 aromatic rings. The van der Waals surface area contributed by atoms with E-state index in [-0.39, 0.29) is 17.6 Å². The van der Waals surface area contributed by atoms with Gasteiger partial charge in [-0.3, -0.25) is 9.69 Å². The van der Waals surface area contributed by atoms with Gasteiger partial charge in [0.25, 0.3) is 0 Å². The lowest BCUT2D eigenvalue weighted by molar-refractivity contribution is -0.153. The standard InChI is InChI=1S/C13H25NO3/c1-5-11(12(15)17-6-2)14-9-7-8-13(3,10-14)16-4/h11H,5-10H2,1-4H3/t11-,13-/m1/s1. The summed E-state index contributed by atoms with van der Waals surface area (Å²) in [5.74, 6) is -0.102. The Bertz CT molecular complexity index is 257. The summed E-state index contributed by atoms with van der Waals surface area (Å²) >= 11 is 0. The van der Waals surface area contributed by atoms with Crippen LogP contribution in [-0.4, -0.2) is 49.3 Å². The summed E-state index contributed by atoms with van der Waals surface area (Å²) in [6.45, 7) is 8.19. The zero-order valence-corrected chi connectivity index (χ0v) is 11.5. The Morgan fingerprint density at radius 3 is 2.71 bits per heavy atom. The number of piperidine rings is 1. The summed E-state index contributed by atoms with van der Waals surface area (Å²) in [5, 5.41) is 0. The van der Waals surface area contributed by atoms with Crippen LogP contribution in [-0.2, 0) is 14.3 Å². The second-order valence-electron chi connectivity index (χ2n) is 4.90. The molecule has 0 aromatic carbocycles. The van der Waals surface area contributed by atoms with Gasteiger partial charge in [0.15, 0.2) is 0 Å². The molecule has 0 aromatic heterocycles. The molecule has 4 nitrogen and oxygen atoms in total. The Hall–Kier alpha value is -0.610. The van der Waals surface area contributed by atoms with Crippen molar-refractivity contribution in [3.8, 4) is 0 Å². The molecule has 4 heteroatoms. The highest BCUT2D eigenvalue weighted by atomic mass is 16.5. The molecule has 0 saturated carbocycles. The highest BCUT2D eigenvalue weighted by Gasteiger charge is 2.36. The average Bonchev–Trinajstić information content (AvgIpc) is 2.30. The largest absolute Gasteiger partial charge is 0.465 e. The van der Waals surface area contributed by atoms with Crippen molar-refractivity contribution >= 4 is 5.97 Å². The van der Waals surface area contributed by atoms with Crippen molar-refractivity contribution in [2.75, 3.05) is 26.8 Å². The summed E-state index contributed by atoms with van der Waals surface area (Å²) in [7, 11) is 1.74. The fourth-order valence-electron chi connectivity index (χ4n) is 2.49. The number of hydrogen-bond acceptors (Lipinski definition) is 4. The normalized spacial score (nSPS) is 27.8. The van der Waals surface area contributed by atoms with Crippen molar-refractivity contribution in [2.45, 2.75) is 51.7 Å². The molecule has 1 aliphatic rings. The van der Waals surface area contributed by atoms with E-state index in [1.54, 1.807) is 7.11 Å². The summed E-state index contributed by atoms with van der Waals surface area (Å²) in [5.41, 5.74) is -0.127. The lowest BCUT2D eigenvalue weighted by atomic mass is 9.93. The fraction of sp³-hybridized carbons (Fsp3) is 0.923. The zero-order valence-electron chi connectivity index (χ0n) is 11.5. The van der Waals surface area contributed by atoms with E-state index in [0.29, 0.717) is 6.61 Å². The van der Waals surface area contributed by atoms with Crippen molar-refractivity contribution in [1.29, 1.82) is 0 Å². The molecule has 0 spiro atoms. The van der Waals surface area contributed by atoms with Gasteiger partial charge < -0.3 is 9.47 Å². The van der Waals surface area contributed by atoms with Crippen LogP contribution in [0.15, 0.2) is 0 Å². The third kappa shape index (κ3) is 3.68. The number of carbonyl (C=O) groups is 1. The average molecular weight is 243 g/mol. The van der Waals surface area contributed by atoms with E-state index in [1.807, 2.05) is 13.8 Å². The van der Waals surface area contributed by atoms with E-state index in [2.05, 4.69) is 11.8 Å². The minimum absolute atomic E-state index is 0.102. The second-order valence-corrected chi connectivity index (χ2v) is 4.90. The van der Waals surface area contributed by atoms with Crippen LogP contribution < -0.4 is 0 Å². The predicted molar refractivity (Wildman–Crippen MR) is 66.9 cm³/mol. The third-order valence-corrected chi connectivity index (χ3v) is 3.57. The van der Waals surface area contributed by atoms with Crippen molar-refractivity contribution in [3.63, 3.8) is 0 Å². The maximum absolute atomic E-state index is 11.9. The van der Waals surface area contributed by atoms with E-state index in [9.17, 15) is 4.79 Å². The van der Waals surface area contributed by atoms with Crippen LogP contribution in [0.25, 0.3) is 0 Å². The molecule has 100 valence electrons. The van der Waals surface area contributed by atoms with Gasteiger partial charge in [-0.2, -0.15) is 0 Å². The van der Waals surface area contributed by atoms with E-state index < -0.39 is 0 Å². The van der Waals surface area contributed by atoms with Gasteiger partial charge in [0, 0.05) is 13.7 Å². The van der Waals surface area contributed by atoms with Crippen LogP contribution in [0.2, 0.25) is 0 Å². The summed E-state index contributed by atoms with van der Waals surface area (Å²) in [6, 6.07) is -0.121. The molecular weight excluding hydrogens is 218 g/mol. The van der Waals surface area contributed by atoms with Crippen molar-refractivity contribution in [2.24, 2.45) is 0 Å². The van der Waals surface area contributed by atoms with E-state index in [4.69, 9.17) is 9.47 Å². The molecule has 1 rings (SSSR count). The van der Waals surface area contributed by atoms with Crippen LogP contribution in [0, 0.1) is 0 Å². The molecule has 1 saturated heterocycles. The van der Waals surface area contributed by atoms with E-state index >= 15 is 0 Å². The molecule has 0 amide bonds. The Kier molecular flexibility index (Phi) is 5.40. The molecule has 2 atom stereocenters. The molecule has 0 bridgehead atoms. The van der Waals surface area contributed by atoms with Gasteiger partial charge in [-0.25, -0.2) is 0 Å². The first kappa shape index (κ1) is 14.5. The zero-order chi connectivity index (χ0) is 12.9. The van der Waals surface area contributed by atoms with Crippen molar-refractivity contribution < 1.29 is 14.3 Å². The van der Waals surface area contributed by atoms with Crippen LogP contribution in [0.5, 0.6) is 0 Å². The Labute approximate surface area is 104 Å². The monoisotopic (exact) mass is 243 g/mol. The fourth-order valence-corrected chi connectivity index (χ4v) is 2.49. The number of ether oxygens (including phenoxy) is 2. The lowest BCUT2D eigenvalue weighted by Gasteiger charge is -2.42. The summed E-state index contributed by atoms with van der Waals surface area (Å²) < 4.78 is 10.7. The van der Waals surface area contributed by atoms with Crippen LogP contribution in [0.3, 0.4) is 0 Å². The third-order valence-electron chi connectivity index (χ3n) is 3.57. The molecule has 0 radical (unpaired) electrons. The molecule has 17 heavy (non-hydrogen) atoms. The molecule has 0 N–H and O–H groups in total. The first-order chi connectivity index (χ1) is 8.06. The Balaban J connectivity index is 2.65. The van der Waals surface area contributed by atoms with Crippen LogP contribution in [0.4, 0.5) is 0 Å². The van der Waals surface area contributed by atoms with Crippen molar-refractivity contribution in [3.05, 3.63) is 0 Å². The van der Waals surface area contributed by atoms with Gasteiger partial charge in [0.1, 0.15) is 6.04 Å². The molecule has 1 fully saturated rings. The van der Waals surface area contributed by atoms with Gasteiger partial charge in [0.05, 0.1) is 12.2 Å². The quantitative estimate of drug-likeness (QED) is 0.691. The van der Waals surface area contributed by atoms with Gasteiger partial charge in [-0.05, 0) is 39.7 Å². The molecular formula is C13H25NO3. The smallest absolute Gasteiger partial charge is 0.323 e. The SMILES string of the molecule is CCOC(=O)[C@@H](CC)N1CCC[C@@](C)(OC)C1. The molecule has 0 unspecified atom stereocenters. The van der Waals surface area contributed by atoms with Gasteiger partial charge in [-0.1, -0.05) is 6.92 Å². The second kappa shape index (κ2) is 6.36. The summed E-state index contributed by atoms with van der Waals surface area (Å²) in [4.78, 5) is 14.1. The van der Waals surface area contributed by atoms with Crippen LogP contribution in [0.1, 0.15) is 40.0 Å². The summed E-state index contributed by atoms with van der Waals surface area (Å²) in [6.07, 6.45) is 2.91. The maximum Gasteiger partial charge on any atom is 0.323 e. The number of carbonyl (C=O) groups excluding carboxylic acids is 1. The minimum Gasteiger partial charge on any atom is -0.465 e. The van der Waals surface area contributed by atoms with Crippen molar-refractivity contribution in [1.82, 2.24) is 4.90 Å². The predicted octanol–water partition coefficient (Wildman–Crippen LogP) is 1.83. The first-order valence-electron chi connectivity index (χ1n) is 6.52. The number of esters is 1. The number of likely N-dealkylation sites (tertiary alicyclic amines) is 1. The Morgan fingerprint density at radius 2 is 2.18 bits per heavy atom. The lowest BCUT2D eigenvalue weighted by Crippen LogP contribution is -2.53. The number of rotatable bonds is 5. The van der Waals surface area contributed by atoms with Crippen LogP contribution >= 0.6 is 0 Å². The van der Waals surface area contributed by atoms with E-state index in [1.165, 1.54) is 0 Å². The first-order valence-corrected chi connectivity index (χ1v) is 6.52. The number of nitrogens with zero attached hydrogens (tertiary/aromatic N) is 1. The van der Waals surface area contributed by atoms with Gasteiger partial charge in [0.2, 0.25) is 0 Å². The van der Waals surface area contributed by atoms with Gasteiger partial charge in [-0.15, -0.1) is 0 Å². The molecule has 1 aliphatic heterocycles. The Morgan fingerprint density at radius 1 is 1.47 bits per heavy atom. The number of hydrogen-bond donors (Lipinski definition) is 0. The maximum atomic E-state index is 11.9.